The average molecular weight is 285 g/mol. The van der Waals surface area contributed by atoms with Crippen LogP contribution in [0.5, 0.6) is 0 Å². The number of rotatable bonds is 4. The third-order valence-electron chi connectivity index (χ3n) is 4.57. The summed E-state index contributed by atoms with van der Waals surface area (Å²) in [7, 11) is 0. The fraction of sp³-hybridized carbons (Fsp3) is 0.529. The fourth-order valence-corrected chi connectivity index (χ4v) is 3.14. The molecule has 4 heteroatoms. The summed E-state index contributed by atoms with van der Waals surface area (Å²) in [4.78, 5) is 4.65. The zero-order valence-corrected chi connectivity index (χ0v) is 12.5. The molecule has 0 bridgehead atoms. The van der Waals surface area contributed by atoms with E-state index in [0.717, 1.165) is 17.3 Å². The summed E-state index contributed by atoms with van der Waals surface area (Å²) in [5.41, 5.74) is 7.05. The number of nitrogens with two attached hydrogens (primary N) is 1. The number of benzene rings is 1. The van der Waals surface area contributed by atoms with Crippen LogP contribution < -0.4 is 5.73 Å². The fourth-order valence-electron chi connectivity index (χ4n) is 3.14. The maximum Gasteiger partial charge on any atom is 0.235 e. The van der Waals surface area contributed by atoms with Gasteiger partial charge in [0.15, 0.2) is 5.82 Å². The topological polar surface area (TPSA) is 64.9 Å². The zero-order valence-electron chi connectivity index (χ0n) is 12.5. The highest BCUT2D eigenvalue weighted by molar-refractivity contribution is 5.25. The molecule has 1 fully saturated rings. The first kappa shape index (κ1) is 14.3. The van der Waals surface area contributed by atoms with Gasteiger partial charge in [0.1, 0.15) is 0 Å². The number of aromatic nitrogens is 2. The number of hydrogen-bond donors (Lipinski definition) is 1. The lowest BCUT2D eigenvalue weighted by molar-refractivity contribution is 0.322. The van der Waals surface area contributed by atoms with Gasteiger partial charge < -0.3 is 10.3 Å². The van der Waals surface area contributed by atoms with Crippen molar-refractivity contribution < 1.29 is 4.52 Å². The normalized spacial score (nSPS) is 23.9. The second kappa shape index (κ2) is 6.39. The van der Waals surface area contributed by atoms with Gasteiger partial charge >= 0.3 is 0 Å². The Kier molecular flexibility index (Phi) is 4.34. The SMILES string of the molecule is CC1CCC(c2noc(C(CN)c3ccccc3)n2)CC1. The van der Waals surface area contributed by atoms with Gasteiger partial charge in [0.25, 0.3) is 0 Å². The van der Waals surface area contributed by atoms with Crippen LogP contribution >= 0.6 is 0 Å². The van der Waals surface area contributed by atoms with Gasteiger partial charge in [-0.15, -0.1) is 0 Å². The molecule has 0 saturated heterocycles. The molecule has 1 heterocycles. The first-order chi connectivity index (χ1) is 10.3. The molecule has 2 aromatic rings. The van der Waals surface area contributed by atoms with E-state index in [1.54, 1.807) is 0 Å². The van der Waals surface area contributed by atoms with E-state index in [0.29, 0.717) is 18.4 Å². The van der Waals surface area contributed by atoms with Crippen molar-refractivity contribution in [2.24, 2.45) is 11.7 Å². The molecule has 21 heavy (non-hydrogen) atoms. The highest BCUT2D eigenvalue weighted by Gasteiger charge is 2.26. The first-order valence-corrected chi connectivity index (χ1v) is 7.86. The molecule has 1 aromatic carbocycles. The molecule has 4 nitrogen and oxygen atoms in total. The Morgan fingerprint density at radius 1 is 1.19 bits per heavy atom. The van der Waals surface area contributed by atoms with Crippen LogP contribution in [0.1, 0.15) is 61.7 Å². The van der Waals surface area contributed by atoms with E-state index in [1.807, 2.05) is 18.2 Å². The van der Waals surface area contributed by atoms with E-state index < -0.39 is 0 Å². The maximum atomic E-state index is 5.91. The molecule has 1 aromatic heterocycles. The Hall–Kier alpha value is -1.68. The highest BCUT2D eigenvalue weighted by atomic mass is 16.5. The summed E-state index contributed by atoms with van der Waals surface area (Å²) in [6.07, 6.45) is 4.85. The molecule has 0 spiro atoms. The smallest absolute Gasteiger partial charge is 0.235 e. The predicted octanol–water partition coefficient (Wildman–Crippen LogP) is 3.45. The van der Waals surface area contributed by atoms with E-state index in [4.69, 9.17) is 10.3 Å². The predicted molar refractivity (Wildman–Crippen MR) is 82.0 cm³/mol. The van der Waals surface area contributed by atoms with Crippen molar-refractivity contribution >= 4 is 0 Å². The highest BCUT2D eigenvalue weighted by Crippen LogP contribution is 2.34. The molecule has 1 aliphatic carbocycles. The van der Waals surface area contributed by atoms with Crippen molar-refractivity contribution in [3.63, 3.8) is 0 Å². The van der Waals surface area contributed by atoms with Crippen molar-refractivity contribution in [3.8, 4) is 0 Å². The molecule has 0 aliphatic heterocycles. The third-order valence-corrected chi connectivity index (χ3v) is 4.57. The first-order valence-electron chi connectivity index (χ1n) is 7.86. The summed E-state index contributed by atoms with van der Waals surface area (Å²) >= 11 is 0. The van der Waals surface area contributed by atoms with Crippen LogP contribution in [0.15, 0.2) is 34.9 Å². The van der Waals surface area contributed by atoms with Crippen molar-refractivity contribution in [2.45, 2.75) is 44.4 Å². The maximum absolute atomic E-state index is 5.91. The van der Waals surface area contributed by atoms with Crippen LogP contribution in [-0.4, -0.2) is 16.7 Å². The number of hydrogen-bond acceptors (Lipinski definition) is 4. The van der Waals surface area contributed by atoms with Crippen LogP contribution in [0.25, 0.3) is 0 Å². The quantitative estimate of drug-likeness (QED) is 0.934. The van der Waals surface area contributed by atoms with Crippen molar-refractivity contribution in [3.05, 3.63) is 47.6 Å². The van der Waals surface area contributed by atoms with Gasteiger partial charge in [0, 0.05) is 12.5 Å². The Bertz CT molecular complexity index is 558. The van der Waals surface area contributed by atoms with Gasteiger partial charge in [-0.05, 0) is 24.3 Å². The molecule has 1 aliphatic rings. The van der Waals surface area contributed by atoms with E-state index >= 15 is 0 Å². The van der Waals surface area contributed by atoms with E-state index in [-0.39, 0.29) is 5.92 Å². The average Bonchev–Trinajstić information content (AvgIpc) is 2.99. The molecule has 2 N–H and O–H groups in total. The molecule has 3 rings (SSSR count). The lowest BCUT2D eigenvalue weighted by atomic mass is 9.83. The monoisotopic (exact) mass is 285 g/mol. The molecule has 1 atom stereocenters. The summed E-state index contributed by atoms with van der Waals surface area (Å²) in [5, 5.41) is 4.22. The summed E-state index contributed by atoms with van der Waals surface area (Å²) in [5.74, 6) is 2.79. The third kappa shape index (κ3) is 3.16. The van der Waals surface area contributed by atoms with Gasteiger partial charge in [-0.25, -0.2) is 0 Å². The molecular weight excluding hydrogens is 262 g/mol. The van der Waals surface area contributed by atoms with Crippen molar-refractivity contribution in [1.29, 1.82) is 0 Å². The van der Waals surface area contributed by atoms with Gasteiger partial charge in [-0.1, -0.05) is 55.3 Å². The van der Waals surface area contributed by atoms with Crippen LogP contribution in [0.3, 0.4) is 0 Å². The lowest BCUT2D eigenvalue weighted by Gasteiger charge is -2.23. The lowest BCUT2D eigenvalue weighted by Crippen LogP contribution is -2.15. The van der Waals surface area contributed by atoms with E-state index in [1.165, 1.54) is 25.7 Å². The van der Waals surface area contributed by atoms with Crippen LogP contribution in [-0.2, 0) is 0 Å². The molecule has 0 radical (unpaired) electrons. The number of nitrogens with zero attached hydrogens (tertiary/aromatic N) is 2. The minimum atomic E-state index is -0.00466. The molecule has 112 valence electrons. The second-order valence-corrected chi connectivity index (χ2v) is 6.15. The van der Waals surface area contributed by atoms with Gasteiger partial charge in [-0.3, -0.25) is 0 Å². The Morgan fingerprint density at radius 2 is 1.90 bits per heavy atom. The molecular formula is C17H23N3O. The summed E-state index contributed by atoms with van der Waals surface area (Å²) < 4.78 is 5.51. The zero-order chi connectivity index (χ0) is 14.7. The van der Waals surface area contributed by atoms with E-state index in [2.05, 4.69) is 29.2 Å². The van der Waals surface area contributed by atoms with Crippen LogP contribution in [0, 0.1) is 5.92 Å². The largest absolute Gasteiger partial charge is 0.339 e. The minimum absolute atomic E-state index is 0.00466. The summed E-state index contributed by atoms with van der Waals surface area (Å²) in [6.45, 7) is 2.80. The van der Waals surface area contributed by atoms with Gasteiger partial charge in [-0.2, -0.15) is 4.98 Å². The van der Waals surface area contributed by atoms with Crippen LogP contribution in [0.4, 0.5) is 0 Å². The second-order valence-electron chi connectivity index (χ2n) is 6.15. The Balaban J connectivity index is 1.77. The van der Waals surface area contributed by atoms with E-state index in [9.17, 15) is 0 Å². The van der Waals surface area contributed by atoms with Crippen LogP contribution in [0.2, 0.25) is 0 Å². The molecule has 0 amide bonds. The van der Waals surface area contributed by atoms with Crippen molar-refractivity contribution in [2.75, 3.05) is 6.54 Å². The molecule has 1 unspecified atom stereocenters. The standard InChI is InChI=1S/C17H23N3O/c1-12-7-9-14(10-8-12)16-19-17(21-20-16)15(11-18)13-5-3-2-4-6-13/h2-6,12,14-15H,7-11,18H2,1H3. The Morgan fingerprint density at radius 3 is 2.57 bits per heavy atom. The van der Waals surface area contributed by atoms with Gasteiger partial charge in [0.2, 0.25) is 5.89 Å². The minimum Gasteiger partial charge on any atom is -0.339 e. The Labute approximate surface area is 125 Å². The van der Waals surface area contributed by atoms with Gasteiger partial charge in [0.05, 0.1) is 5.92 Å². The van der Waals surface area contributed by atoms with Crippen molar-refractivity contribution in [1.82, 2.24) is 10.1 Å². The molecule has 1 saturated carbocycles. The summed E-state index contributed by atoms with van der Waals surface area (Å²) in [6, 6.07) is 10.1.